The molecule has 0 bridgehead atoms. The maximum Gasteiger partial charge on any atom is 0.130 e. The van der Waals surface area contributed by atoms with Crippen LogP contribution in [-0.2, 0) is 13.2 Å². The minimum absolute atomic E-state index is 0.507. The molecule has 1 aromatic heterocycles. The van der Waals surface area contributed by atoms with Crippen LogP contribution in [0, 0.1) is 0 Å². The van der Waals surface area contributed by atoms with Crippen molar-refractivity contribution in [2.75, 3.05) is 7.05 Å². The van der Waals surface area contributed by atoms with Crippen LogP contribution in [-0.4, -0.2) is 12.0 Å². The first-order valence-corrected chi connectivity index (χ1v) is 7.54. The number of rotatable bonds is 7. The zero-order valence-electron chi connectivity index (χ0n) is 13.1. The average molecular weight is 284 g/mol. The molecule has 0 aliphatic heterocycles. The summed E-state index contributed by atoms with van der Waals surface area (Å²) in [4.78, 5) is 4.44. The van der Waals surface area contributed by atoms with Crippen molar-refractivity contribution < 1.29 is 4.74 Å². The maximum absolute atomic E-state index is 5.97. The van der Waals surface area contributed by atoms with Crippen LogP contribution in [0.2, 0.25) is 0 Å². The van der Waals surface area contributed by atoms with Crippen molar-refractivity contribution in [2.45, 2.75) is 39.3 Å². The second-order valence-electron chi connectivity index (χ2n) is 5.32. The first-order valence-electron chi connectivity index (χ1n) is 7.54. The highest BCUT2D eigenvalue weighted by Crippen LogP contribution is 2.28. The van der Waals surface area contributed by atoms with Crippen molar-refractivity contribution >= 4 is 0 Å². The van der Waals surface area contributed by atoms with Crippen molar-refractivity contribution in [1.82, 2.24) is 10.3 Å². The van der Waals surface area contributed by atoms with Gasteiger partial charge in [0.15, 0.2) is 0 Å². The van der Waals surface area contributed by atoms with E-state index in [0.717, 1.165) is 24.4 Å². The number of hydrogen-bond acceptors (Lipinski definition) is 3. The molecular formula is C18H24N2O. The predicted molar refractivity (Wildman–Crippen MR) is 86.5 cm³/mol. The summed E-state index contributed by atoms with van der Waals surface area (Å²) in [5, 5.41) is 3.12. The molecule has 1 aromatic carbocycles. The molecule has 21 heavy (non-hydrogen) atoms. The number of nitrogens with zero attached hydrogens (tertiary/aromatic N) is 1. The summed E-state index contributed by atoms with van der Waals surface area (Å²) in [5.74, 6) is 1.47. The zero-order valence-corrected chi connectivity index (χ0v) is 13.1. The predicted octanol–water partition coefficient (Wildman–Crippen LogP) is 3.89. The molecule has 112 valence electrons. The summed E-state index contributed by atoms with van der Waals surface area (Å²) in [6.45, 7) is 5.77. The lowest BCUT2D eigenvalue weighted by atomic mass is 9.98. The Balaban J connectivity index is 2.02. The van der Waals surface area contributed by atoms with Crippen LogP contribution in [0.25, 0.3) is 0 Å². The van der Waals surface area contributed by atoms with Crippen LogP contribution >= 0.6 is 0 Å². The van der Waals surface area contributed by atoms with Gasteiger partial charge in [-0.1, -0.05) is 38.1 Å². The lowest BCUT2D eigenvalue weighted by molar-refractivity contribution is 0.296. The van der Waals surface area contributed by atoms with Crippen LogP contribution in [0.5, 0.6) is 5.75 Å². The minimum Gasteiger partial charge on any atom is -0.487 e. The van der Waals surface area contributed by atoms with E-state index in [2.05, 4.69) is 42.3 Å². The van der Waals surface area contributed by atoms with Crippen molar-refractivity contribution in [2.24, 2.45) is 0 Å². The molecule has 0 aliphatic carbocycles. The molecule has 3 heteroatoms. The van der Waals surface area contributed by atoms with E-state index in [1.807, 2.05) is 31.4 Å². The Labute approximate surface area is 127 Å². The SMILES string of the molecule is CCC(C)c1ccccc1OCc1ccc(CNC)cn1. The first-order chi connectivity index (χ1) is 10.2. The lowest BCUT2D eigenvalue weighted by Crippen LogP contribution is -2.06. The highest BCUT2D eigenvalue weighted by Gasteiger charge is 2.09. The van der Waals surface area contributed by atoms with Gasteiger partial charge in [0, 0.05) is 12.7 Å². The van der Waals surface area contributed by atoms with Gasteiger partial charge in [0.25, 0.3) is 0 Å². The quantitative estimate of drug-likeness (QED) is 0.837. The maximum atomic E-state index is 5.97. The summed E-state index contributed by atoms with van der Waals surface area (Å²) >= 11 is 0. The molecule has 0 spiro atoms. The Morgan fingerprint density at radius 3 is 2.67 bits per heavy atom. The van der Waals surface area contributed by atoms with Crippen LogP contribution < -0.4 is 10.1 Å². The fourth-order valence-corrected chi connectivity index (χ4v) is 2.24. The number of ether oxygens (including phenoxy) is 1. The fraction of sp³-hybridized carbons (Fsp3) is 0.389. The number of benzene rings is 1. The van der Waals surface area contributed by atoms with Crippen LogP contribution in [0.15, 0.2) is 42.6 Å². The van der Waals surface area contributed by atoms with Crippen molar-refractivity contribution in [1.29, 1.82) is 0 Å². The van der Waals surface area contributed by atoms with Gasteiger partial charge in [0.05, 0.1) is 5.69 Å². The van der Waals surface area contributed by atoms with Gasteiger partial charge in [0.1, 0.15) is 12.4 Å². The standard InChI is InChI=1S/C18H24N2O/c1-4-14(2)17-7-5-6-8-18(17)21-13-16-10-9-15(11-19-3)12-20-16/h5-10,12,14,19H,4,11,13H2,1-3H3. The number of nitrogens with one attached hydrogen (secondary N) is 1. The molecule has 0 fully saturated rings. The Kier molecular flexibility index (Phi) is 5.76. The average Bonchev–Trinajstić information content (AvgIpc) is 2.54. The van der Waals surface area contributed by atoms with E-state index in [9.17, 15) is 0 Å². The number of para-hydroxylation sites is 1. The van der Waals surface area contributed by atoms with Gasteiger partial charge in [-0.3, -0.25) is 4.98 Å². The van der Waals surface area contributed by atoms with E-state index in [4.69, 9.17) is 4.74 Å². The highest BCUT2D eigenvalue weighted by atomic mass is 16.5. The van der Waals surface area contributed by atoms with Crippen LogP contribution in [0.3, 0.4) is 0 Å². The molecule has 1 atom stereocenters. The summed E-state index contributed by atoms with van der Waals surface area (Å²) in [6, 6.07) is 12.4. The van der Waals surface area contributed by atoms with Gasteiger partial charge >= 0.3 is 0 Å². The van der Waals surface area contributed by atoms with Gasteiger partial charge in [-0.15, -0.1) is 0 Å². The molecule has 0 aliphatic rings. The number of pyridine rings is 1. The molecule has 0 saturated carbocycles. The van der Waals surface area contributed by atoms with Crippen molar-refractivity contribution in [3.05, 3.63) is 59.4 Å². The third-order valence-corrected chi connectivity index (χ3v) is 3.70. The highest BCUT2D eigenvalue weighted by molar-refractivity contribution is 5.36. The zero-order chi connectivity index (χ0) is 15.1. The Hall–Kier alpha value is -1.87. The van der Waals surface area contributed by atoms with E-state index < -0.39 is 0 Å². The smallest absolute Gasteiger partial charge is 0.130 e. The normalized spacial score (nSPS) is 12.1. The summed E-state index contributed by atoms with van der Waals surface area (Å²) in [6.07, 6.45) is 3.01. The second-order valence-corrected chi connectivity index (χ2v) is 5.32. The molecule has 2 aromatic rings. The largest absolute Gasteiger partial charge is 0.487 e. The molecule has 1 unspecified atom stereocenters. The summed E-state index contributed by atoms with van der Waals surface area (Å²) < 4.78 is 5.97. The van der Waals surface area contributed by atoms with Gasteiger partial charge < -0.3 is 10.1 Å². The minimum atomic E-state index is 0.507. The second kappa shape index (κ2) is 7.79. The van der Waals surface area contributed by atoms with Gasteiger partial charge in [-0.05, 0) is 42.6 Å². The first kappa shape index (κ1) is 15.5. The third kappa shape index (κ3) is 4.30. The summed E-state index contributed by atoms with van der Waals surface area (Å²) in [7, 11) is 1.93. The Morgan fingerprint density at radius 2 is 2.00 bits per heavy atom. The van der Waals surface area contributed by atoms with Gasteiger partial charge in [-0.25, -0.2) is 0 Å². The van der Waals surface area contributed by atoms with Crippen molar-refractivity contribution in [3.8, 4) is 5.75 Å². The number of aromatic nitrogens is 1. The molecular weight excluding hydrogens is 260 g/mol. The molecule has 1 heterocycles. The molecule has 2 rings (SSSR count). The molecule has 0 saturated heterocycles. The summed E-state index contributed by atoms with van der Waals surface area (Å²) in [5.41, 5.74) is 3.40. The van der Waals surface area contributed by atoms with Crippen LogP contribution in [0.4, 0.5) is 0 Å². The van der Waals surface area contributed by atoms with Crippen LogP contribution in [0.1, 0.15) is 43.0 Å². The Morgan fingerprint density at radius 1 is 1.19 bits per heavy atom. The third-order valence-electron chi connectivity index (χ3n) is 3.70. The van der Waals surface area contributed by atoms with Gasteiger partial charge in [0.2, 0.25) is 0 Å². The molecule has 1 N–H and O–H groups in total. The molecule has 0 amide bonds. The molecule has 0 radical (unpaired) electrons. The van der Waals surface area contributed by atoms with E-state index in [-0.39, 0.29) is 0 Å². The topological polar surface area (TPSA) is 34.1 Å². The fourth-order valence-electron chi connectivity index (χ4n) is 2.24. The Bertz CT molecular complexity index is 551. The van der Waals surface area contributed by atoms with E-state index >= 15 is 0 Å². The lowest BCUT2D eigenvalue weighted by Gasteiger charge is -2.15. The van der Waals surface area contributed by atoms with E-state index in [0.29, 0.717) is 12.5 Å². The van der Waals surface area contributed by atoms with Crippen molar-refractivity contribution in [3.63, 3.8) is 0 Å². The number of hydrogen-bond donors (Lipinski definition) is 1. The molecule has 3 nitrogen and oxygen atoms in total. The van der Waals surface area contributed by atoms with Gasteiger partial charge in [-0.2, -0.15) is 0 Å². The van der Waals surface area contributed by atoms with E-state index in [1.165, 1.54) is 11.1 Å². The van der Waals surface area contributed by atoms with E-state index in [1.54, 1.807) is 0 Å². The monoisotopic (exact) mass is 284 g/mol.